The number of amides is 1. The number of hydrogen-bond acceptors (Lipinski definition) is 4. The standard InChI is InChI=1S/C13H19NO4/c1-13(2,17)11(15)8-14-12(16)18-9-10-6-4-3-5-7-10/h3-7,11,15,17H,8-9H2,1-2H3,(H,14,16). The van der Waals surface area contributed by atoms with Crippen molar-refractivity contribution in [3.63, 3.8) is 0 Å². The number of benzene rings is 1. The van der Waals surface area contributed by atoms with Crippen LogP contribution in [-0.4, -0.2) is 34.6 Å². The summed E-state index contributed by atoms with van der Waals surface area (Å²) in [6, 6.07) is 9.28. The summed E-state index contributed by atoms with van der Waals surface area (Å²) in [4.78, 5) is 11.3. The Hall–Kier alpha value is -1.59. The first-order valence-corrected chi connectivity index (χ1v) is 5.74. The van der Waals surface area contributed by atoms with Gasteiger partial charge in [-0.1, -0.05) is 30.3 Å². The minimum atomic E-state index is -1.26. The number of aliphatic hydroxyl groups is 2. The fourth-order valence-corrected chi connectivity index (χ4v) is 1.20. The van der Waals surface area contributed by atoms with Crippen LogP contribution in [0.5, 0.6) is 0 Å². The lowest BCUT2D eigenvalue weighted by Crippen LogP contribution is -2.44. The van der Waals surface area contributed by atoms with E-state index in [4.69, 9.17) is 4.74 Å². The third kappa shape index (κ3) is 5.16. The summed E-state index contributed by atoms with van der Waals surface area (Å²) in [5.41, 5.74) is -0.372. The highest BCUT2D eigenvalue weighted by molar-refractivity contribution is 5.67. The molecule has 0 heterocycles. The van der Waals surface area contributed by atoms with Gasteiger partial charge in [0.15, 0.2) is 0 Å². The SMILES string of the molecule is CC(C)(O)C(O)CNC(=O)OCc1ccccc1. The van der Waals surface area contributed by atoms with Crippen LogP contribution in [0.4, 0.5) is 4.79 Å². The van der Waals surface area contributed by atoms with Gasteiger partial charge in [0.2, 0.25) is 0 Å². The van der Waals surface area contributed by atoms with Gasteiger partial charge in [-0.05, 0) is 19.4 Å². The summed E-state index contributed by atoms with van der Waals surface area (Å²) in [7, 11) is 0. The van der Waals surface area contributed by atoms with Crippen LogP contribution in [-0.2, 0) is 11.3 Å². The van der Waals surface area contributed by atoms with E-state index in [1.807, 2.05) is 30.3 Å². The minimum Gasteiger partial charge on any atom is -0.445 e. The Balaban J connectivity index is 2.27. The van der Waals surface area contributed by atoms with Gasteiger partial charge in [0.25, 0.3) is 0 Å². The quantitative estimate of drug-likeness (QED) is 0.732. The monoisotopic (exact) mass is 253 g/mol. The summed E-state index contributed by atoms with van der Waals surface area (Å²) in [6.45, 7) is 3.05. The Kier molecular flexibility index (Phi) is 5.12. The van der Waals surface area contributed by atoms with Crippen molar-refractivity contribution in [2.24, 2.45) is 0 Å². The van der Waals surface area contributed by atoms with E-state index in [2.05, 4.69) is 5.32 Å². The van der Waals surface area contributed by atoms with Crippen LogP contribution in [0.1, 0.15) is 19.4 Å². The predicted octanol–water partition coefficient (Wildman–Crippen LogP) is 1.04. The average Bonchev–Trinajstić information content (AvgIpc) is 2.33. The van der Waals surface area contributed by atoms with Crippen molar-refractivity contribution in [2.75, 3.05) is 6.54 Å². The van der Waals surface area contributed by atoms with E-state index in [1.165, 1.54) is 13.8 Å². The van der Waals surface area contributed by atoms with Crippen molar-refractivity contribution >= 4 is 6.09 Å². The molecule has 0 saturated heterocycles. The van der Waals surface area contributed by atoms with Gasteiger partial charge >= 0.3 is 6.09 Å². The first kappa shape index (κ1) is 14.5. The van der Waals surface area contributed by atoms with Crippen LogP contribution < -0.4 is 5.32 Å². The second-order valence-corrected chi connectivity index (χ2v) is 4.61. The Bertz CT molecular complexity index is 372. The summed E-state index contributed by atoms with van der Waals surface area (Å²) in [5, 5.41) is 21.4. The number of ether oxygens (including phenoxy) is 1. The highest BCUT2D eigenvalue weighted by Crippen LogP contribution is 2.07. The first-order chi connectivity index (χ1) is 8.39. The Morgan fingerprint density at radius 2 is 2.00 bits per heavy atom. The molecule has 1 aromatic rings. The molecule has 0 aromatic heterocycles. The van der Waals surface area contributed by atoms with Crippen LogP contribution in [0.2, 0.25) is 0 Å². The second-order valence-electron chi connectivity index (χ2n) is 4.61. The molecule has 0 aliphatic rings. The highest BCUT2D eigenvalue weighted by Gasteiger charge is 2.24. The Morgan fingerprint density at radius 1 is 1.39 bits per heavy atom. The molecule has 18 heavy (non-hydrogen) atoms. The van der Waals surface area contributed by atoms with E-state index in [9.17, 15) is 15.0 Å². The molecule has 5 nitrogen and oxygen atoms in total. The van der Waals surface area contributed by atoms with Gasteiger partial charge < -0.3 is 20.3 Å². The number of aliphatic hydroxyl groups excluding tert-OH is 1. The number of hydrogen-bond donors (Lipinski definition) is 3. The number of carbonyl (C=O) groups excluding carboxylic acids is 1. The molecule has 0 spiro atoms. The smallest absolute Gasteiger partial charge is 0.407 e. The third-order valence-electron chi connectivity index (χ3n) is 2.47. The lowest BCUT2D eigenvalue weighted by Gasteiger charge is -2.24. The molecule has 0 saturated carbocycles. The van der Waals surface area contributed by atoms with Crippen molar-refractivity contribution < 1.29 is 19.7 Å². The molecule has 1 rings (SSSR count). The van der Waals surface area contributed by atoms with Gasteiger partial charge in [0.1, 0.15) is 6.61 Å². The van der Waals surface area contributed by atoms with Crippen molar-refractivity contribution in [1.82, 2.24) is 5.32 Å². The largest absolute Gasteiger partial charge is 0.445 e. The molecular weight excluding hydrogens is 234 g/mol. The summed E-state index contributed by atoms with van der Waals surface area (Å²) < 4.78 is 4.95. The van der Waals surface area contributed by atoms with E-state index < -0.39 is 17.8 Å². The molecule has 1 unspecified atom stereocenters. The molecule has 100 valence electrons. The zero-order valence-corrected chi connectivity index (χ0v) is 10.6. The lowest BCUT2D eigenvalue weighted by atomic mass is 10.0. The highest BCUT2D eigenvalue weighted by atomic mass is 16.5. The van der Waals surface area contributed by atoms with Gasteiger partial charge in [-0.25, -0.2) is 4.79 Å². The molecule has 0 bridgehead atoms. The average molecular weight is 253 g/mol. The predicted molar refractivity (Wildman–Crippen MR) is 66.9 cm³/mol. The Labute approximate surface area is 106 Å². The number of rotatable bonds is 5. The summed E-state index contributed by atoms with van der Waals surface area (Å²) in [5.74, 6) is 0. The fourth-order valence-electron chi connectivity index (χ4n) is 1.20. The topological polar surface area (TPSA) is 78.8 Å². The molecule has 3 N–H and O–H groups in total. The van der Waals surface area contributed by atoms with Gasteiger partial charge in [0, 0.05) is 6.54 Å². The molecule has 0 aliphatic carbocycles. The van der Waals surface area contributed by atoms with Crippen molar-refractivity contribution in [2.45, 2.75) is 32.2 Å². The number of alkyl carbamates (subject to hydrolysis) is 1. The normalized spacial score (nSPS) is 12.9. The number of carbonyl (C=O) groups is 1. The van der Waals surface area contributed by atoms with Crippen LogP contribution in [0.25, 0.3) is 0 Å². The third-order valence-corrected chi connectivity index (χ3v) is 2.47. The van der Waals surface area contributed by atoms with Gasteiger partial charge in [-0.15, -0.1) is 0 Å². The van der Waals surface area contributed by atoms with Gasteiger partial charge in [0.05, 0.1) is 11.7 Å². The summed E-state index contributed by atoms with van der Waals surface area (Å²) in [6.07, 6.45) is -1.66. The Morgan fingerprint density at radius 3 is 2.56 bits per heavy atom. The molecule has 5 heteroatoms. The van der Waals surface area contributed by atoms with Gasteiger partial charge in [-0.2, -0.15) is 0 Å². The van der Waals surface area contributed by atoms with E-state index in [-0.39, 0.29) is 13.2 Å². The van der Waals surface area contributed by atoms with Crippen LogP contribution in [0.15, 0.2) is 30.3 Å². The van der Waals surface area contributed by atoms with E-state index in [0.29, 0.717) is 0 Å². The van der Waals surface area contributed by atoms with Crippen LogP contribution in [0, 0.1) is 0 Å². The fraction of sp³-hybridized carbons (Fsp3) is 0.462. The minimum absolute atomic E-state index is 0.0584. The van der Waals surface area contributed by atoms with Crippen LogP contribution >= 0.6 is 0 Å². The lowest BCUT2D eigenvalue weighted by molar-refractivity contribution is -0.0458. The van der Waals surface area contributed by atoms with E-state index in [0.717, 1.165) is 5.56 Å². The molecule has 0 aliphatic heterocycles. The maximum atomic E-state index is 11.3. The molecule has 0 radical (unpaired) electrons. The maximum absolute atomic E-state index is 11.3. The molecule has 1 amide bonds. The van der Waals surface area contributed by atoms with Crippen molar-refractivity contribution in [1.29, 1.82) is 0 Å². The maximum Gasteiger partial charge on any atom is 0.407 e. The molecule has 1 aromatic carbocycles. The number of nitrogens with one attached hydrogen (secondary N) is 1. The molecule has 0 fully saturated rings. The van der Waals surface area contributed by atoms with E-state index >= 15 is 0 Å². The van der Waals surface area contributed by atoms with Gasteiger partial charge in [-0.3, -0.25) is 0 Å². The van der Waals surface area contributed by atoms with Crippen LogP contribution in [0.3, 0.4) is 0 Å². The zero-order chi connectivity index (χ0) is 13.6. The van der Waals surface area contributed by atoms with Crippen molar-refractivity contribution in [3.8, 4) is 0 Å². The zero-order valence-electron chi connectivity index (χ0n) is 10.6. The van der Waals surface area contributed by atoms with E-state index in [1.54, 1.807) is 0 Å². The van der Waals surface area contributed by atoms with Crippen molar-refractivity contribution in [3.05, 3.63) is 35.9 Å². The molecule has 1 atom stereocenters. The molecular formula is C13H19NO4. The first-order valence-electron chi connectivity index (χ1n) is 5.74. The summed E-state index contributed by atoms with van der Waals surface area (Å²) >= 11 is 0. The second kappa shape index (κ2) is 6.37.